The Morgan fingerprint density at radius 3 is 2.27 bits per heavy atom. The molecule has 0 aliphatic rings. The summed E-state index contributed by atoms with van der Waals surface area (Å²) >= 11 is 5.80. The van der Waals surface area contributed by atoms with E-state index in [9.17, 15) is 9.59 Å². The molecule has 0 saturated heterocycles. The molecule has 0 aliphatic carbocycles. The van der Waals surface area contributed by atoms with E-state index in [1.54, 1.807) is 24.3 Å². The Balaban J connectivity index is 2.08. The first kappa shape index (κ1) is 22.5. The molecule has 146 valence electrons. The number of hydrogen-bond donors (Lipinski definition) is 0. The zero-order chi connectivity index (χ0) is 19.2. The smallest absolute Gasteiger partial charge is 0.306 e. The molecule has 0 aromatic heterocycles. The molecule has 1 aromatic carbocycles. The van der Waals surface area contributed by atoms with Crippen molar-refractivity contribution < 1.29 is 19.1 Å². The highest BCUT2D eigenvalue weighted by Crippen LogP contribution is 2.12. The lowest BCUT2D eigenvalue weighted by molar-refractivity contribution is -0.153. The maximum Gasteiger partial charge on any atom is 0.306 e. The molecular formula is C21H31ClO4. The molecule has 0 N–H and O–H groups in total. The number of carbonyl (C=O) groups is 2. The Bertz CT molecular complexity index is 527. The van der Waals surface area contributed by atoms with Crippen molar-refractivity contribution in [1.82, 2.24) is 0 Å². The SMILES string of the molecule is CCCCCCCCC(C)OC(=O)CCC(=O)OCc1ccc(Cl)cc1. The lowest BCUT2D eigenvalue weighted by Gasteiger charge is -2.13. The fourth-order valence-electron chi connectivity index (χ4n) is 2.58. The summed E-state index contributed by atoms with van der Waals surface area (Å²) in [6, 6.07) is 7.09. The van der Waals surface area contributed by atoms with Gasteiger partial charge < -0.3 is 9.47 Å². The Labute approximate surface area is 162 Å². The largest absolute Gasteiger partial charge is 0.463 e. The van der Waals surface area contributed by atoms with Crippen LogP contribution in [0.2, 0.25) is 5.02 Å². The van der Waals surface area contributed by atoms with Crippen LogP contribution in [-0.2, 0) is 25.7 Å². The van der Waals surface area contributed by atoms with Crippen molar-refractivity contribution >= 4 is 23.5 Å². The van der Waals surface area contributed by atoms with Crippen molar-refractivity contribution in [3.05, 3.63) is 34.9 Å². The van der Waals surface area contributed by atoms with Gasteiger partial charge in [0.15, 0.2) is 0 Å². The van der Waals surface area contributed by atoms with Gasteiger partial charge in [-0.1, -0.05) is 62.8 Å². The van der Waals surface area contributed by atoms with Crippen molar-refractivity contribution in [3.8, 4) is 0 Å². The summed E-state index contributed by atoms with van der Waals surface area (Å²) in [7, 11) is 0. The third-order valence-electron chi connectivity index (χ3n) is 4.14. The maximum atomic E-state index is 11.8. The number of halogens is 1. The van der Waals surface area contributed by atoms with Crippen molar-refractivity contribution in [2.24, 2.45) is 0 Å². The maximum absolute atomic E-state index is 11.8. The Hall–Kier alpha value is -1.55. The van der Waals surface area contributed by atoms with Crippen LogP contribution in [0.1, 0.15) is 77.2 Å². The van der Waals surface area contributed by atoms with Crippen LogP contribution >= 0.6 is 11.6 Å². The third kappa shape index (κ3) is 11.1. The quantitative estimate of drug-likeness (QED) is 0.317. The summed E-state index contributed by atoms with van der Waals surface area (Å²) in [4.78, 5) is 23.5. The zero-order valence-corrected chi connectivity index (χ0v) is 16.7. The minimum absolute atomic E-state index is 0.0379. The van der Waals surface area contributed by atoms with E-state index < -0.39 is 5.97 Å². The van der Waals surface area contributed by atoms with E-state index in [0.717, 1.165) is 18.4 Å². The standard InChI is InChI=1S/C21H31ClO4/c1-3-4-5-6-7-8-9-17(2)26-21(24)15-14-20(23)25-16-18-10-12-19(22)13-11-18/h10-13,17H,3-9,14-16H2,1-2H3. The van der Waals surface area contributed by atoms with Crippen molar-refractivity contribution in [1.29, 1.82) is 0 Å². The molecule has 0 spiro atoms. The number of carbonyl (C=O) groups excluding carboxylic acids is 2. The normalized spacial score (nSPS) is 11.8. The summed E-state index contributed by atoms with van der Waals surface area (Å²) in [5, 5.41) is 0.637. The van der Waals surface area contributed by atoms with Gasteiger partial charge in [0, 0.05) is 5.02 Å². The molecule has 5 heteroatoms. The van der Waals surface area contributed by atoms with Gasteiger partial charge in [-0.05, 0) is 37.5 Å². The van der Waals surface area contributed by atoms with Crippen LogP contribution < -0.4 is 0 Å². The van der Waals surface area contributed by atoms with E-state index >= 15 is 0 Å². The summed E-state index contributed by atoms with van der Waals surface area (Å²) in [5.74, 6) is -0.743. The molecule has 0 saturated carbocycles. The van der Waals surface area contributed by atoms with Crippen LogP contribution in [0.15, 0.2) is 24.3 Å². The first-order valence-corrected chi connectivity index (χ1v) is 9.98. The third-order valence-corrected chi connectivity index (χ3v) is 4.40. The minimum atomic E-state index is -0.402. The first-order chi connectivity index (χ1) is 12.5. The highest BCUT2D eigenvalue weighted by molar-refractivity contribution is 6.30. The molecule has 4 nitrogen and oxygen atoms in total. The lowest BCUT2D eigenvalue weighted by atomic mass is 10.1. The topological polar surface area (TPSA) is 52.6 Å². The number of hydrogen-bond acceptors (Lipinski definition) is 4. The molecule has 1 atom stereocenters. The summed E-state index contributed by atoms with van der Waals surface area (Å²) in [6.45, 7) is 4.29. The monoisotopic (exact) mass is 382 g/mol. The molecule has 1 unspecified atom stereocenters. The van der Waals surface area contributed by atoms with Gasteiger partial charge in [0.25, 0.3) is 0 Å². The van der Waals surface area contributed by atoms with E-state index in [4.69, 9.17) is 21.1 Å². The average molecular weight is 383 g/mol. The van der Waals surface area contributed by atoms with Crippen LogP contribution in [0.5, 0.6) is 0 Å². The predicted molar refractivity (Wildman–Crippen MR) is 104 cm³/mol. The van der Waals surface area contributed by atoms with Crippen molar-refractivity contribution in [3.63, 3.8) is 0 Å². The van der Waals surface area contributed by atoms with E-state index in [0.29, 0.717) is 5.02 Å². The Kier molecular flexibility index (Phi) is 11.8. The molecule has 26 heavy (non-hydrogen) atoms. The van der Waals surface area contributed by atoms with Gasteiger partial charge in [-0.3, -0.25) is 9.59 Å². The Morgan fingerprint density at radius 1 is 0.962 bits per heavy atom. The van der Waals surface area contributed by atoms with Gasteiger partial charge in [0.1, 0.15) is 6.61 Å². The average Bonchev–Trinajstić information content (AvgIpc) is 2.62. The van der Waals surface area contributed by atoms with Crippen LogP contribution in [-0.4, -0.2) is 18.0 Å². The Morgan fingerprint density at radius 2 is 1.58 bits per heavy atom. The van der Waals surface area contributed by atoms with E-state index in [2.05, 4.69) is 6.92 Å². The van der Waals surface area contributed by atoms with Crippen LogP contribution in [0.4, 0.5) is 0 Å². The molecule has 0 bridgehead atoms. The van der Waals surface area contributed by atoms with Crippen LogP contribution in [0, 0.1) is 0 Å². The number of rotatable bonds is 13. The molecule has 1 rings (SSSR count). The number of esters is 2. The fourth-order valence-corrected chi connectivity index (χ4v) is 2.70. The van der Waals surface area contributed by atoms with E-state index in [1.807, 2.05) is 6.92 Å². The molecule has 0 radical (unpaired) electrons. The molecule has 1 aromatic rings. The number of ether oxygens (including phenoxy) is 2. The second kappa shape index (κ2) is 13.6. The summed E-state index contributed by atoms with van der Waals surface area (Å²) in [6.07, 6.45) is 8.18. The number of benzene rings is 1. The van der Waals surface area contributed by atoms with Crippen LogP contribution in [0.3, 0.4) is 0 Å². The molecule has 0 amide bonds. The lowest BCUT2D eigenvalue weighted by Crippen LogP contribution is -2.16. The second-order valence-corrected chi connectivity index (χ2v) is 7.08. The van der Waals surface area contributed by atoms with Gasteiger partial charge in [-0.15, -0.1) is 0 Å². The van der Waals surface area contributed by atoms with Crippen molar-refractivity contribution in [2.45, 2.75) is 84.3 Å². The van der Waals surface area contributed by atoms with Gasteiger partial charge in [-0.25, -0.2) is 0 Å². The highest BCUT2D eigenvalue weighted by Gasteiger charge is 2.12. The minimum Gasteiger partial charge on any atom is -0.463 e. The van der Waals surface area contributed by atoms with E-state index in [-0.39, 0.29) is 31.5 Å². The summed E-state index contributed by atoms with van der Waals surface area (Å²) < 4.78 is 10.5. The van der Waals surface area contributed by atoms with Gasteiger partial charge in [0.2, 0.25) is 0 Å². The van der Waals surface area contributed by atoms with Gasteiger partial charge >= 0.3 is 11.9 Å². The van der Waals surface area contributed by atoms with Crippen molar-refractivity contribution in [2.75, 3.05) is 0 Å². The van der Waals surface area contributed by atoms with Gasteiger partial charge in [-0.2, -0.15) is 0 Å². The second-order valence-electron chi connectivity index (χ2n) is 6.64. The highest BCUT2D eigenvalue weighted by atomic mass is 35.5. The number of unbranched alkanes of at least 4 members (excludes halogenated alkanes) is 5. The predicted octanol–water partition coefficient (Wildman–Crippen LogP) is 5.85. The fraction of sp³-hybridized carbons (Fsp3) is 0.619. The zero-order valence-electron chi connectivity index (χ0n) is 16.0. The van der Waals surface area contributed by atoms with Gasteiger partial charge in [0.05, 0.1) is 18.9 Å². The molecular weight excluding hydrogens is 352 g/mol. The first-order valence-electron chi connectivity index (χ1n) is 9.60. The molecule has 0 heterocycles. The molecule has 0 aliphatic heterocycles. The van der Waals surface area contributed by atoms with E-state index in [1.165, 1.54) is 32.1 Å². The summed E-state index contributed by atoms with van der Waals surface area (Å²) in [5.41, 5.74) is 0.859. The van der Waals surface area contributed by atoms with Crippen LogP contribution in [0.25, 0.3) is 0 Å². The molecule has 0 fully saturated rings.